The van der Waals surface area contributed by atoms with E-state index in [2.05, 4.69) is 41.4 Å². The molecule has 1 atom stereocenters. The fourth-order valence-corrected chi connectivity index (χ4v) is 1.65. The van der Waals surface area contributed by atoms with Crippen LogP contribution in [0.4, 0.5) is 11.8 Å². The average molecular weight is 250 g/mol. The van der Waals surface area contributed by atoms with Crippen molar-refractivity contribution in [3.63, 3.8) is 0 Å². The summed E-state index contributed by atoms with van der Waals surface area (Å²) >= 11 is 0. The molecule has 1 heterocycles. The normalized spacial score (nSPS) is 12.2. The van der Waals surface area contributed by atoms with Crippen molar-refractivity contribution >= 4 is 11.8 Å². The Kier molecular flexibility index (Phi) is 6.47. The summed E-state index contributed by atoms with van der Waals surface area (Å²) in [7, 11) is 0. The van der Waals surface area contributed by atoms with Gasteiger partial charge in [0.15, 0.2) is 0 Å². The molecule has 2 N–H and O–H groups in total. The molecule has 1 aromatic heterocycles. The molecule has 1 rings (SSSR count). The molecule has 1 unspecified atom stereocenters. The molecule has 1 aromatic rings. The highest BCUT2D eigenvalue weighted by Crippen LogP contribution is 2.11. The summed E-state index contributed by atoms with van der Waals surface area (Å²) in [6.07, 6.45) is 4.73. The molecule has 0 aliphatic heterocycles. The Balaban J connectivity index is 2.57. The average Bonchev–Trinajstić information content (AvgIpc) is 2.34. The van der Waals surface area contributed by atoms with Crippen molar-refractivity contribution in [2.24, 2.45) is 0 Å². The van der Waals surface area contributed by atoms with Gasteiger partial charge in [-0.15, -0.1) is 0 Å². The zero-order valence-corrected chi connectivity index (χ0v) is 12.1. The molecule has 0 bridgehead atoms. The van der Waals surface area contributed by atoms with Crippen molar-refractivity contribution in [1.29, 1.82) is 0 Å². The van der Waals surface area contributed by atoms with E-state index in [1.54, 1.807) is 0 Å². The van der Waals surface area contributed by atoms with E-state index in [-0.39, 0.29) is 0 Å². The molecule has 18 heavy (non-hydrogen) atoms. The van der Waals surface area contributed by atoms with Crippen LogP contribution >= 0.6 is 0 Å². The lowest BCUT2D eigenvalue weighted by Gasteiger charge is -2.13. The number of nitrogens with zero attached hydrogens (tertiary/aromatic N) is 2. The molecule has 0 saturated heterocycles. The molecule has 0 radical (unpaired) electrons. The molecule has 102 valence electrons. The van der Waals surface area contributed by atoms with E-state index >= 15 is 0 Å². The molecule has 0 spiro atoms. The second-order valence-electron chi connectivity index (χ2n) is 4.81. The van der Waals surface area contributed by atoms with Crippen LogP contribution in [0.25, 0.3) is 0 Å². The SMILES string of the molecule is CCCCCNc1nc(C)cc(NC(C)CC)n1. The summed E-state index contributed by atoms with van der Waals surface area (Å²) in [5, 5.41) is 6.67. The van der Waals surface area contributed by atoms with E-state index in [1.807, 2.05) is 13.0 Å². The van der Waals surface area contributed by atoms with Crippen molar-refractivity contribution in [2.75, 3.05) is 17.2 Å². The van der Waals surface area contributed by atoms with Crippen LogP contribution in [-0.2, 0) is 0 Å². The van der Waals surface area contributed by atoms with Crippen LogP contribution in [0, 0.1) is 6.92 Å². The van der Waals surface area contributed by atoms with Gasteiger partial charge in [-0.2, -0.15) is 4.98 Å². The van der Waals surface area contributed by atoms with Gasteiger partial charge in [-0.1, -0.05) is 26.7 Å². The van der Waals surface area contributed by atoms with Gasteiger partial charge in [-0.3, -0.25) is 0 Å². The molecule has 0 fully saturated rings. The second kappa shape index (κ2) is 7.90. The molecule has 0 aliphatic rings. The maximum Gasteiger partial charge on any atom is 0.224 e. The summed E-state index contributed by atoms with van der Waals surface area (Å²) < 4.78 is 0. The van der Waals surface area contributed by atoms with Gasteiger partial charge in [-0.05, 0) is 26.7 Å². The van der Waals surface area contributed by atoms with Crippen molar-refractivity contribution < 1.29 is 0 Å². The molecular formula is C14H26N4. The Morgan fingerprint density at radius 3 is 2.67 bits per heavy atom. The second-order valence-corrected chi connectivity index (χ2v) is 4.81. The van der Waals surface area contributed by atoms with Gasteiger partial charge in [0.2, 0.25) is 5.95 Å². The van der Waals surface area contributed by atoms with Crippen LogP contribution in [0.5, 0.6) is 0 Å². The van der Waals surface area contributed by atoms with Crippen LogP contribution in [-0.4, -0.2) is 22.6 Å². The molecule has 0 saturated carbocycles. The van der Waals surface area contributed by atoms with Gasteiger partial charge in [0.25, 0.3) is 0 Å². The summed E-state index contributed by atoms with van der Waals surface area (Å²) in [5.41, 5.74) is 0.994. The first-order valence-corrected chi connectivity index (χ1v) is 7.01. The lowest BCUT2D eigenvalue weighted by Crippen LogP contribution is -2.16. The van der Waals surface area contributed by atoms with E-state index in [0.29, 0.717) is 6.04 Å². The van der Waals surface area contributed by atoms with Crippen molar-refractivity contribution in [2.45, 2.75) is 59.4 Å². The van der Waals surface area contributed by atoms with Gasteiger partial charge >= 0.3 is 0 Å². The number of rotatable bonds is 8. The van der Waals surface area contributed by atoms with Gasteiger partial charge in [-0.25, -0.2) is 4.98 Å². The fraction of sp³-hybridized carbons (Fsp3) is 0.714. The predicted octanol–water partition coefficient (Wildman–Crippen LogP) is 3.60. The first-order valence-electron chi connectivity index (χ1n) is 7.01. The van der Waals surface area contributed by atoms with Crippen LogP contribution in [0.2, 0.25) is 0 Å². The summed E-state index contributed by atoms with van der Waals surface area (Å²) in [6, 6.07) is 2.43. The summed E-state index contributed by atoms with van der Waals surface area (Å²) in [4.78, 5) is 8.89. The number of aryl methyl sites for hydroxylation is 1. The first kappa shape index (κ1) is 14.7. The van der Waals surface area contributed by atoms with E-state index in [9.17, 15) is 0 Å². The minimum atomic E-state index is 0.437. The lowest BCUT2D eigenvalue weighted by molar-refractivity contribution is 0.738. The van der Waals surface area contributed by atoms with Crippen LogP contribution < -0.4 is 10.6 Å². The standard InChI is InChI=1S/C14H26N4/c1-5-7-8-9-15-14-17-12(4)10-13(18-14)16-11(3)6-2/h10-11H,5-9H2,1-4H3,(H2,15,16,17,18). The molecular weight excluding hydrogens is 224 g/mol. The zero-order chi connectivity index (χ0) is 13.4. The molecule has 4 heteroatoms. The lowest BCUT2D eigenvalue weighted by atomic mass is 10.2. The Bertz CT molecular complexity index is 352. The maximum atomic E-state index is 4.49. The monoisotopic (exact) mass is 250 g/mol. The highest BCUT2D eigenvalue weighted by Gasteiger charge is 2.04. The van der Waals surface area contributed by atoms with E-state index in [1.165, 1.54) is 19.3 Å². The van der Waals surface area contributed by atoms with Crippen LogP contribution in [0.3, 0.4) is 0 Å². The fourth-order valence-electron chi connectivity index (χ4n) is 1.65. The van der Waals surface area contributed by atoms with Gasteiger partial charge < -0.3 is 10.6 Å². The molecule has 0 aliphatic carbocycles. The molecule has 4 nitrogen and oxygen atoms in total. The number of nitrogens with one attached hydrogen (secondary N) is 2. The van der Waals surface area contributed by atoms with Crippen molar-refractivity contribution in [3.8, 4) is 0 Å². The van der Waals surface area contributed by atoms with E-state index < -0.39 is 0 Å². The van der Waals surface area contributed by atoms with E-state index in [0.717, 1.165) is 30.4 Å². The number of hydrogen-bond acceptors (Lipinski definition) is 4. The van der Waals surface area contributed by atoms with Crippen molar-refractivity contribution in [3.05, 3.63) is 11.8 Å². The first-order chi connectivity index (χ1) is 8.65. The highest BCUT2D eigenvalue weighted by molar-refractivity contribution is 5.42. The van der Waals surface area contributed by atoms with Crippen LogP contribution in [0.1, 0.15) is 52.1 Å². The minimum absolute atomic E-state index is 0.437. The quantitative estimate of drug-likeness (QED) is 0.692. The summed E-state index contributed by atoms with van der Waals surface area (Å²) in [6.45, 7) is 9.47. The Hall–Kier alpha value is -1.32. The minimum Gasteiger partial charge on any atom is -0.367 e. The topological polar surface area (TPSA) is 49.8 Å². The van der Waals surface area contributed by atoms with E-state index in [4.69, 9.17) is 0 Å². The number of aromatic nitrogens is 2. The predicted molar refractivity (Wildman–Crippen MR) is 78.2 cm³/mol. The summed E-state index contributed by atoms with van der Waals surface area (Å²) in [5.74, 6) is 1.65. The van der Waals surface area contributed by atoms with Gasteiger partial charge in [0.1, 0.15) is 5.82 Å². The smallest absolute Gasteiger partial charge is 0.224 e. The zero-order valence-electron chi connectivity index (χ0n) is 12.1. The number of anilines is 2. The third-order valence-corrected chi connectivity index (χ3v) is 2.92. The maximum absolute atomic E-state index is 4.49. The van der Waals surface area contributed by atoms with Crippen molar-refractivity contribution in [1.82, 2.24) is 9.97 Å². The Morgan fingerprint density at radius 1 is 1.22 bits per heavy atom. The third-order valence-electron chi connectivity index (χ3n) is 2.92. The number of hydrogen-bond donors (Lipinski definition) is 2. The highest BCUT2D eigenvalue weighted by atomic mass is 15.1. The molecule has 0 amide bonds. The third kappa shape index (κ3) is 5.34. The van der Waals surface area contributed by atoms with Gasteiger partial charge in [0.05, 0.1) is 0 Å². The largest absolute Gasteiger partial charge is 0.367 e. The van der Waals surface area contributed by atoms with Crippen LogP contribution in [0.15, 0.2) is 6.07 Å². The number of unbranched alkanes of at least 4 members (excludes halogenated alkanes) is 2. The Labute approximate surface area is 111 Å². The molecule has 0 aromatic carbocycles. The van der Waals surface area contributed by atoms with Gasteiger partial charge in [0, 0.05) is 24.3 Å². The Morgan fingerprint density at radius 2 is 2.00 bits per heavy atom.